The topological polar surface area (TPSA) is 80.7 Å². The van der Waals surface area contributed by atoms with Crippen LogP contribution in [-0.2, 0) is 19.1 Å². The third kappa shape index (κ3) is 4.11. The number of allylic oxidation sites excluding steroid dienone is 5. The number of fused-ring (bicyclic) bond motifs is 7. The molecule has 0 bridgehead atoms. The Morgan fingerprint density at radius 3 is 2.30 bits per heavy atom. The highest BCUT2D eigenvalue weighted by Gasteiger charge is 2.70. The lowest BCUT2D eigenvalue weighted by molar-refractivity contribution is -0.201. The molecule has 0 aromatic carbocycles. The number of rotatable bonds is 5. The van der Waals surface area contributed by atoms with Crippen molar-refractivity contribution in [2.75, 3.05) is 6.61 Å². The van der Waals surface area contributed by atoms with Crippen molar-refractivity contribution in [2.45, 2.75) is 126 Å². The highest BCUT2D eigenvalue weighted by molar-refractivity contribution is 6.05. The molecule has 0 aromatic rings. The number of Topliss-reactive ketones (excluding diaryl/α,β-unsaturated/α-hetero) is 1. The van der Waals surface area contributed by atoms with Gasteiger partial charge in [0.2, 0.25) is 0 Å². The summed E-state index contributed by atoms with van der Waals surface area (Å²) in [5.41, 5.74) is 4.11. The van der Waals surface area contributed by atoms with Gasteiger partial charge in [-0.2, -0.15) is 0 Å². The summed E-state index contributed by atoms with van der Waals surface area (Å²) < 4.78 is 5.32. The van der Waals surface area contributed by atoms with Gasteiger partial charge in [0.1, 0.15) is 0 Å². The molecule has 5 nitrogen and oxygen atoms in total. The van der Waals surface area contributed by atoms with E-state index in [1.807, 2.05) is 6.92 Å². The molecule has 242 valence electrons. The number of ketones is 1. The van der Waals surface area contributed by atoms with E-state index in [1.54, 1.807) is 0 Å². The van der Waals surface area contributed by atoms with Crippen LogP contribution in [0, 0.1) is 56.7 Å². The van der Waals surface area contributed by atoms with Gasteiger partial charge in [0.05, 0.1) is 17.9 Å². The molecule has 3 saturated carbocycles. The lowest BCUT2D eigenvalue weighted by Gasteiger charge is -2.71. The zero-order chi connectivity index (χ0) is 32.0. The third-order valence-corrected chi connectivity index (χ3v) is 14.8. The van der Waals surface area contributed by atoms with E-state index in [9.17, 15) is 19.5 Å². The average molecular weight is 605 g/mol. The van der Waals surface area contributed by atoms with Gasteiger partial charge in [-0.25, -0.2) is 0 Å². The van der Waals surface area contributed by atoms with Crippen LogP contribution in [0.1, 0.15) is 126 Å². The van der Waals surface area contributed by atoms with Crippen molar-refractivity contribution in [2.24, 2.45) is 56.7 Å². The molecular formula is C39H56O5. The van der Waals surface area contributed by atoms with Crippen LogP contribution < -0.4 is 0 Å². The van der Waals surface area contributed by atoms with Crippen LogP contribution >= 0.6 is 0 Å². The van der Waals surface area contributed by atoms with Gasteiger partial charge in [-0.1, -0.05) is 60.6 Å². The first-order chi connectivity index (χ1) is 20.6. The lowest BCUT2D eigenvalue weighted by atomic mass is 9.33. The molecule has 0 aromatic heterocycles. The van der Waals surface area contributed by atoms with Gasteiger partial charge in [-0.15, -0.1) is 0 Å². The Kier molecular flexibility index (Phi) is 7.53. The van der Waals surface area contributed by atoms with Crippen LogP contribution in [0.25, 0.3) is 0 Å². The number of ether oxygens (including phenoxy) is 1. The first-order valence-electron chi connectivity index (χ1n) is 17.7. The maximum absolute atomic E-state index is 13.4. The van der Waals surface area contributed by atoms with Crippen LogP contribution in [0.2, 0.25) is 0 Å². The molecule has 6 rings (SSSR count). The SMILES string of the molecule is CCOC(=O)C1CC=C(C2=CC[C@]3(C)[C@H]4CC[C@@H]5C6=C(C(C)C)C(=O)C[C@]6(C(=O)O)CC[C@@]5(C)[C@]4(C)CC[C@H]3C2(C)C)CC1. The molecule has 44 heavy (non-hydrogen) atoms. The van der Waals surface area contributed by atoms with Crippen LogP contribution in [0.3, 0.4) is 0 Å². The number of carboxylic acids is 1. The van der Waals surface area contributed by atoms with E-state index in [0.29, 0.717) is 24.9 Å². The highest BCUT2D eigenvalue weighted by atomic mass is 16.5. The van der Waals surface area contributed by atoms with Crippen molar-refractivity contribution in [1.82, 2.24) is 0 Å². The van der Waals surface area contributed by atoms with Crippen LogP contribution in [0.15, 0.2) is 34.4 Å². The van der Waals surface area contributed by atoms with Gasteiger partial charge in [0.15, 0.2) is 5.78 Å². The van der Waals surface area contributed by atoms with Crippen molar-refractivity contribution in [3.05, 3.63) is 34.4 Å². The molecule has 5 heteroatoms. The number of hydrogen-bond acceptors (Lipinski definition) is 4. The fourth-order valence-corrected chi connectivity index (χ4v) is 12.6. The minimum Gasteiger partial charge on any atom is -0.481 e. The first kappa shape index (κ1) is 31.8. The van der Waals surface area contributed by atoms with Crippen molar-refractivity contribution < 1.29 is 24.2 Å². The van der Waals surface area contributed by atoms with Gasteiger partial charge >= 0.3 is 11.9 Å². The second-order valence-electron chi connectivity index (χ2n) is 17.1. The summed E-state index contributed by atoms with van der Waals surface area (Å²) >= 11 is 0. The fraction of sp³-hybridized carbons (Fsp3) is 0.769. The summed E-state index contributed by atoms with van der Waals surface area (Å²) in [6.45, 7) is 19.0. The van der Waals surface area contributed by atoms with Crippen LogP contribution in [0.4, 0.5) is 0 Å². The third-order valence-electron chi connectivity index (χ3n) is 14.8. The van der Waals surface area contributed by atoms with E-state index in [2.05, 4.69) is 60.6 Å². The zero-order valence-corrected chi connectivity index (χ0v) is 28.6. The maximum Gasteiger partial charge on any atom is 0.314 e. The molecule has 0 aliphatic heterocycles. The predicted molar refractivity (Wildman–Crippen MR) is 173 cm³/mol. The molecule has 6 aliphatic rings. The van der Waals surface area contributed by atoms with E-state index < -0.39 is 11.4 Å². The maximum atomic E-state index is 13.4. The summed E-state index contributed by atoms with van der Waals surface area (Å²) in [5.74, 6) is 0.587. The number of carbonyl (C=O) groups excluding carboxylic acids is 2. The number of esters is 1. The van der Waals surface area contributed by atoms with E-state index in [0.717, 1.165) is 62.5 Å². The largest absolute Gasteiger partial charge is 0.481 e. The fourth-order valence-electron chi connectivity index (χ4n) is 12.6. The van der Waals surface area contributed by atoms with Gasteiger partial charge in [0.25, 0.3) is 0 Å². The molecule has 8 atom stereocenters. The number of hydrogen-bond donors (Lipinski definition) is 1. The van der Waals surface area contributed by atoms with Crippen molar-refractivity contribution in [3.63, 3.8) is 0 Å². The summed E-state index contributed by atoms with van der Waals surface area (Å²) in [6.07, 6.45) is 14.6. The molecule has 6 aliphatic carbocycles. The Morgan fingerprint density at radius 2 is 1.68 bits per heavy atom. The molecular weight excluding hydrogens is 548 g/mol. The van der Waals surface area contributed by atoms with Crippen LogP contribution in [0.5, 0.6) is 0 Å². The van der Waals surface area contributed by atoms with Crippen molar-refractivity contribution in [1.29, 1.82) is 0 Å². The smallest absolute Gasteiger partial charge is 0.314 e. The first-order valence-corrected chi connectivity index (χ1v) is 17.7. The minimum absolute atomic E-state index is 0.0144. The monoisotopic (exact) mass is 604 g/mol. The Labute approximate surface area is 265 Å². The summed E-state index contributed by atoms with van der Waals surface area (Å²) in [7, 11) is 0. The molecule has 3 fully saturated rings. The minimum atomic E-state index is -0.990. The molecule has 1 unspecified atom stereocenters. The summed E-state index contributed by atoms with van der Waals surface area (Å²) in [4.78, 5) is 38.8. The van der Waals surface area contributed by atoms with E-state index in [-0.39, 0.29) is 57.6 Å². The second kappa shape index (κ2) is 10.4. The van der Waals surface area contributed by atoms with E-state index >= 15 is 0 Å². The molecule has 1 N–H and O–H groups in total. The second-order valence-corrected chi connectivity index (χ2v) is 17.1. The Morgan fingerprint density at radius 1 is 0.955 bits per heavy atom. The van der Waals surface area contributed by atoms with Crippen LogP contribution in [-0.4, -0.2) is 29.4 Å². The summed E-state index contributed by atoms with van der Waals surface area (Å²) in [5, 5.41) is 10.6. The standard InChI is InChI=1S/C39H56O5/c1-9-44-33(41)25-12-10-24(11-13-25)26-16-18-36(6)29(35(26,4)5)17-19-38(8)30(36)15-14-27-32-31(23(2)3)28(40)22-39(32,34(42)43)21-20-37(27,38)7/h10,16,23,25,27,29-30H,9,11-15,17-22H2,1-8H3,(H,42,43)/t25?,27-,29+,30-,36+,37-,38-,39-/m1/s1. The van der Waals surface area contributed by atoms with Gasteiger partial charge in [-0.3, -0.25) is 14.4 Å². The lowest BCUT2D eigenvalue weighted by Crippen LogP contribution is -2.64. The normalized spacial score (nSPS) is 42.9. The van der Waals surface area contributed by atoms with Crippen molar-refractivity contribution in [3.8, 4) is 0 Å². The molecule has 0 amide bonds. The molecule has 0 radical (unpaired) electrons. The molecule has 0 spiro atoms. The van der Waals surface area contributed by atoms with Crippen molar-refractivity contribution >= 4 is 17.7 Å². The van der Waals surface area contributed by atoms with Gasteiger partial charge < -0.3 is 9.84 Å². The quantitative estimate of drug-likeness (QED) is 0.317. The molecule has 0 saturated heterocycles. The summed E-state index contributed by atoms with van der Waals surface area (Å²) in [6, 6.07) is 0. The van der Waals surface area contributed by atoms with E-state index in [4.69, 9.17) is 4.74 Å². The number of aliphatic carboxylic acids is 1. The van der Waals surface area contributed by atoms with E-state index in [1.165, 1.54) is 17.6 Å². The molecule has 0 heterocycles. The predicted octanol–water partition coefficient (Wildman–Crippen LogP) is 8.88. The number of carbonyl (C=O) groups is 3. The van der Waals surface area contributed by atoms with Gasteiger partial charge in [0, 0.05) is 6.42 Å². The Balaban J connectivity index is 1.34. The average Bonchev–Trinajstić information content (AvgIpc) is 3.27. The zero-order valence-electron chi connectivity index (χ0n) is 28.6. The van der Waals surface area contributed by atoms with Gasteiger partial charge in [-0.05, 0) is 139 Å². The highest BCUT2D eigenvalue weighted by Crippen LogP contribution is 2.76. The Hall–Kier alpha value is -2.17. The Bertz CT molecular complexity index is 1360. The number of carboxylic acid groups (broad SMARTS) is 1.